The number of hydrogen-bond acceptors (Lipinski definition) is 3. The summed E-state index contributed by atoms with van der Waals surface area (Å²) >= 11 is 0. The molecule has 1 heterocycles. The molecular weight excluding hydrogens is 457 g/mol. The number of amides is 2. The third-order valence-corrected chi connectivity index (χ3v) is 7.43. The fourth-order valence-corrected chi connectivity index (χ4v) is 5.14. The summed E-state index contributed by atoms with van der Waals surface area (Å²) in [5, 5.41) is 3.07. The molecule has 1 aliphatic heterocycles. The fraction of sp³-hybridized carbons (Fsp3) is 0.481. The second-order valence-corrected chi connectivity index (χ2v) is 10.5. The second-order valence-electron chi connectivity index (χ2n) is 10.5. The lowest BCUT2D eigenvalue weighted by molar-refractivity contribution is -0.274. The Balaban J connectivity index is 1.57. The number of benzene rings is 2. The van der Waals surface area contributed by atoms with Crippen molar-refractivity contribution in [3.63, 3.8) is 0 Å². The van der Waals surface area contributed by atoms with Crippen LogP contribution in [0.1, 0.15) is 57.6 Å². The molecule has 0 saturated heterocycles. The predicted molar refractivity (Wildman–Crippen MR) is 127 cm³/mol. The van der Waals surface area contributed by atoms with Crippen molar-refractivity contribution >= 4 is 17.5 Å². The zero-order chi connectivity index (χ0) is 25.4. The third kappa shape index (κ3) is 5.16. The molecule has 1 atom stereocenters. The molecule has 2 aromatic rings. The lowest BCUT2D eigenvalue weighted by Gasteiger charge is -2.50. The Labute approximate surface area is 203 Å². The van der Waals surface area contributed by atoms with Gasteiger partial charge in [-0.2, -0.15) is 0 Å². The first-order valence-corrected chi connectivity index (χ1v) is 11.9. The molecule has 2 aliphatic rings. The number of alkyl halides is 3. The normalized spacial score (nSPS) is 19.9. The Morgan fingerprint density at radius 1 is 1.09 bits per heavy atom. The van der Waals surface area contributed by atoms with Crippen LogP contribution < -0.4 is 15.0 Å². The average molecular weight is 489 g/mol. The Morgan fingerprint density at radius 2 is 1.74 bits per heavy atom. The van der Waals surface area contributed by atoms with Crippen LogP contribution in [0.3, 0.4) is 0 Å². The maximum absolute atomic E-state index is 13.7. The van der Waals surface area contributed by atoms with Gasteiger partial charge >= 0.3 is 6.36 Å². The van der Waals surface area contributed by atoms with Gasteiger partial charge in [-0.15, -0.1) is 13.2 Å². The molecule has 4 rings (SSSR count). The minimum atomic E-state index is -4.77. The third-order valence-electron chi connectivity index (χ3n) is 7.43. The van der Waals surface area contributed by atoms with Crippen LogP contribution in [0.25, 0.3) is 0 Å². The maximum atomic E-state index is 13.7. The van der Waals surface area contributed by atoms with E-state index in [4.69, 9.17) is 0 Å². The average Bonchev–Trinajstić information content (AvgIpc) is 2.84. The molecule has 0 spiro atoms. The number of halogens is 3. The van der Waals surface area contributed by atoms with Gasteiger partial charge in [0, 0.05) is 5.69 Å². The molecule has 1 aliphatic carbocycles. The van der Waals surface area contributed by atoms with E-state index in [2.05, 4.69) is 30.8 Å². The van der Waals surface area contributed by atoms with E-state index in [0.29, 0.717) is 18.4 Å². The van der Waals surface area contributed by atoms with Gasteiger partial charge in [0.05, 0.1) is 12.0 Å². The van der Waals surface area contributed by atoms with Crippen molar-refractivity contribution in [1.82, 2.24) is 5.32 Å². The Morgan fingerprint density at radius 3 is 2.31 bits per heavy atom. The van der Waals surface area contributed by atoms with E-state index in [-0.39, 0.29) is 29.5 Å². The Bertz CT molecular complexity index is 1090. The van der Waals surface area contributed by atoms with Crippen LogP contribution in [0.4, 0.5) is 18.9 Å². The first-order chi connectivity index (χ1) is 16.4. The van der Waals surface area contributed by atoms with Crippen molar-refractivity contribution in [3.05, 3.63) is 59.7 Å². The number of fused-ring (bicyclic) bond motifs is 1. The van der Waals surface area contributed by atoms with E-state index in [1.165, 1.54) is 24.3 Å². The number of carbonyl (C=O) groups is 2. The number of hydrogen-bond donors (Lipinski definition) is 1. The molecule has 1 N–H and O–H groups in total. The largest absolute Gasteiger partial charge is 0.573 e. The van der Waals surface area contributed by atoms with Crippen molar-refractivity contribution in [2.24, 2.45) is 10.8 Å². The van der Waals surface area contributed by atoms with Crippen LogP contribution >= 0.6 is 0 Å². The van der Waals surface area contributed by atoms with Gasteiger partial charge in [0.25, 0.3) is 0 Å². The molecule has 1 saturated carbocycles. The summed E-state index contributed by atoms with van der Waals surface area (Å²) in [6, 6.07) is 12.4. The van der Waals surface area contributed by atoms with Gasteiger partial charge in [-0.3, -0.25) is 9.59 Å². The van der Waals surface area contributed by atoms with Gasteiger partial charge in [0.2, 0.25) is 11.8 Å². The van der Waals surface area contributed by atoms with E-state index < -0.39 is 17.8 Å². The number of aryl methyl sites for hydroxylation is 1. The Kier molecular flexibility index (Phi) is 6.60. The van der Waals surface area contributed by atoms with Gasteiger partial charge < -0.3 is 15.0 Å². The van der Waals surface area contributed by atoms with Crippen LogP contribution in [0, 0.1) is 10.8 Å². The molecule has 0 bridgehead atoms. The highest BCUT2D eigenvalue weighted by atomic mass is 19.4. The van der Waals surface area contributed by atoms with Crippen molar-refractivity contribution in [2.75, 3.05) is 4.90 Å². The number of rotatable bonds is 5. The zero-order valence-corrected chi connectivity index (χ0v) is 20.2. The molecule has 2 aromatic carbocycles. The molecule has 8 heteroatoms. The number of ether oxygens (including phenoxy) is 1. The second kappa shape index (κ2) is 9.21. The first-order valence-electron chi connectivity index (χ1n) is 11.9. The SMILES string of the molecule is CC(C)(C)C1(C(=O)NC2CCc3ccccc3N(Cc3ccc(OC(F)(F)F)cc3)C2=O)CCC1. The van der Waals surface area contributed by atoms with Crippen LogP contribution in [0.5, 0.6) is 5.75 Å². The van der Waals surface area contributed by atoms with Crippen LogP contribution in [-0.2, 0) is 22.6 Å². The molecule has 1 fully saturated rings. The highest BCUT2D eigenvalue weighted by Crippen LogP contribution is 2.54. The molecule has 0 aromatic heterocycles. The number of para-hydroxylation sites is 1. The number of nitrogens with zero attached hydrogens (tertiary/aromatic N) is 1. The summed E-state index contributed by atoms with van der Waals surface area (Å²) in [6.07, 6.45) is -1.05. The van der Waals surface area contributed by atoms with Gasteiger partial charge in [0.15, 0.2) is 0 Å². The van der Waals surface area contributed by atoms with E-state index in [1.807, 2.05) is 24.3 Å². The maximum Gasteiger partial charge on any atom is 0.573 e. The monoisotopic (exact) mass is 488 g/mol. The predicted octanol–water partition coefficient (Wildman–Crippen LogP) is 5.77. The molecule has 0 radical (unpaired) electrons. The highest BCUT2D eigenvalue weighted by Gasteiger charge is 2.53. The number of anilines is 1. The molecule has 5 nitrogen and oxygen atoms in total. The summed E-state index contributed by atoms with van der Waals surface area (Å²) in [5.41, 5.74) is 1.69. The van der Waals surface area contributed by atoms with Gasteiger partial charge in [0.1, 0.15) is 11.8 Å². The highest BCUT2D eigenvalue weighted by molar-refractivity contribution is 6.01. The van der Waals surface area contributed by atoms with Crippen molar-refractivity contribution in [2.45, 2.75) is 71.8 Å². The number of nitrogens with one attached hydrogen (secondary N) is 1. The molecule has 1 unspecified atom stereocenters. The number of carbonyl (C=O) groups excluding carboxylic acids is 2. The van der Waals surface area contributed by atoms with E-state index in [1.54, 1.807) is 4.90 Å². The summed E-state index contributed by atoms with van der Waals surface area (Å²) < 4.78 is 41.5. The zero-order valence-electron chi connectivity index (χ0n) is 20.2. The molecule has 35 heavy (non-hydrogen) atoms. The van der Waals surface area contributed by atoms with Gasteiger partial charge in [-0.1, -0.05) is 57.5 Å². The lowest BCUT2D eigenvalue weighted by atomic mass is 9.54. The smallest absolute Gasteiger partial charge is 0.406 e. The lowest BCUT2D eigenvalue weighted by Crippen LogP contribution is -2.58. The van der Waals surface area contributed by atoms with Crippen molar-refractivity contribution < 1.29 is 27.5 Å². The standard InChI is InChI=1S/C27H31F3N2O3/c1-25(2,3)26(15-6-16-26)24(34)31-21-14-11-19-7-4-5-8-22(19)32(23(21)33)17-18-9-12-20(13-10-18)35-27(28,29)30/h4-5,7-10,12-13,21H,6,11,14-17H2,1-3H3,(H,31,34). The van der Waals surface area contributed by atoms with Crippen LogP contribution in [-0.4, -0.2) is 24.2 Å². The summed E-state index contributed by atoms with van der Waals surface area (Å²) in [5.74, 6) is -0.613. The van der Waals surface area contributed by atoms with Crippen molar-refractivity contribution in [1.29, 1.82) is 0 Å². The summed E-state index contributed by atoms with van der Waals surface area (Å²) in [6.45, 7) is 6.36. The minimum Gasteiger partial charge on any atom is -0.406 e. The summed E-state index contributed by atoms with van der Waals surface area (Å²) in [7, 11) is 0. The van der Waals surface area contributed by atoms with Crippen molar-refractivity contribution in [3.8, 4) is 5.75 Å². The first kappa shape index (κ1) is 25.1. The molecule has 2 amide bonds. The fourth-order valence-electron chi connectivity index (χ4n) is 5.14. The Hall–Kier alpha value is -3.03. The van der Waals surface area contributed by atoms with E-state index in [0.717, 1.165) is 30.5 Å². The van der Waals surface area contributed by atoms with E-state index >= 15 is 0 Å². The molecule has 188 valence electrons. The van der Waals surface area contributed by atoms with Gasteiger partial charge in [-0.05, 0) is 60.4 Å². The van der Waals surface area contributed by atoms with Crippen LogP contribution in [0.15, 0.2) is 48.5 Å². The molecular formula is C27H31F3N2O3. The topological polar surface area (TPSA) is 58.6 Å². The minimum absolute atomic E-state index is 0.0749. The van der Waals surface area contributed by atoms with E-state index in [9.17, 15) is 22.8 Å². The van der Waals surface area contributed by atoms with Crippen LogP contribution in [0.2, 0.25) is 0 Å². The summed E-state index contributed by atoms with van der Waals surface area (Å²) in [4.78, 5) is 28.8. The van der Waals surface area contributed by atoms with Gasteiger partial charge in [-0.25, -0.2) is 0 Å². The quantitative estimate of drug-likeness (QED) is 0.582.